The lowest BCUT2D eigenvalue weighted by Gasteiger charge is -2.21. The van der Waals surface area contributed by atoms with Crippen molar-refractivity contribution in [1.29, 1.82) is 0 Å². The van der Waals surface area contributed by atoms with Crippen molar-refractivity contribution in [3.63, 3.8) is 0 Å². The Morgan fingerprint density at radius 2 is 1.88 bits per heavy atom. The monoisotopic (exact) mass is 397 g/mol. The smallest absolute Gasteiger partial charge is 0.260 e. The molecular formula is C17H17ClFN3O3S. The van der Waals surface area contributed by atoms with Gasteiger partial charge < -0.3 is 0 Å². The first-order chi connectivity index (χ1) is 12.2. The van der Waals surface area contributed by atoms with E-state index in [2.05, 4.69) is 10.5 Å². The number of carbonyl (C=O) groups is 1. The quantitative estimate of drug-likeness (QED) is 0.601. The van der Waals surface area contributed by atoms with E-state index in [0.29, 0.717) is 10.7 Å². The maximum absolute atomic E-state index is 13.4. The first-order valence-electron chi connectivity index (χ1n) is 7.49. The van der Waals surface area contributed by atoms with Crippen LogP contribution in [0.3, 0.4) is 0 Å². The Bertz CT molecular complexity index is 931. The van der Waals surface area contributed by atoms with Gasteiger partial charge in [-0.05, 0) is 42.8 Å². The van der Waals surface area contributed by atoms with Crippen LogP contribution in [-0.2, 0) is 14.8 Å². The van der Waals surface area contributed by atoms with Gasteiger partial charge in [-0.1, -0.05) is 29.8 Å². The zero-order valence-corrected chi connectivity index (χ0v) is 15.7. The summed E-state index contributed by atoms with van der Waals surface area (Å²) in [7, 11) is -3.78. The van der Waals surface area contributed by atoms with E-state index in [1.165, 1.54) is 18.2 Å². The molecule has 0 saturated heterocycles. The molecule has 2 aromatic carbocycles. The van der Waals surface area contributed by atoms with Crippen LogP contribution >= 0.6 is 11.6 Å². The van der Waals surface area contributed by atoms with Crippen molar-refractivity contribution in [1.82, 2.24) is 5.43 Å². The molecule has 0 fully saturated rings. The van der Waals surface area contributed by atoms with E-state index < -0.39 is 28.3 Å². The minimum atomic E-state index is -3.78. The third-order valence-corrected chi connectivity index (χ3v) is 4.79. The van der Waals surface area contributed by atoms with Gasteiger partial charge in [0.25, 0.3) is 5.91 Å². The fraction of sp³-hybridized carbons (Fsp3) is 0.176. The van der Waals surface area contributed by atoms with E-state index in [1.54, 1.807) is 31.2 Å². The first-order valence-corrected chi connectivity index (χ1v) is 9.72. The number of anilines is 1. The van der Waals surface area contributed by atoms with Gasteiger partial charge in [0.15, 0.2) is 0 Å². The summed E-state index contributed by atoms with van der Waals surface area (Å²) in [4.78, 5) is 12.1. The number of nitrogens with one attached hydrogen (secondary N) is 1. The number of hydrogen-bond acceptors (Lipinski definition) is 4. The van der Waals surface area contributed by atoms with Crippen LogP contribution in [0.2, 0.25) is 5.02 Å². The Labute approximate surface area is 156 Å². The van der Waals surface area contributed by atoms with Gasteiger partial charge in [-0.2, -0.15) is 5.10 Å². The van der Waals surface area contributed by atoms with Crippen molar-refractivity contribution >= 4 is 38.9 Å². The Kier molecular flexibility index (Phi) is 6.33. The number of halogens is 2. The number of hydrogen-bond donors (Lipinski definition) is 1. The number of nitrogens with zero attached hydrogens (tertiary/aromatic N) is 2. The van der Waals surface area contributed by atoms with Crippen LogP contribution in [0.5, 0.6) is 0 Å². The lowest BCUT2D eigenvalue weighted by atomic mass is 10.1. The molecule has 0 aromatic heterocycles. The molecule has 0 radical (unpaired) electrons. The molecule has 0 saturated carbocycles. The van der Waals surface area contributed by atoms with Crippen LogP contribution in [0.25, 0.3) is 0 Å². The van der Waals surface area contributed by atoms with Crippen molar-refractivity contribution in [2.24, 2.45) is 5.10 Å². The van der Waals surface area contributed by atoms with Gasteiger partial charge >= 0.3 is 0 Å². The molecule has 0 bridgehead atoms. The molecule has 0 atom stereocenters. The molecule has 2 rings (SSSR count). The standard InChI is InChI=1S/C17H17ClFN3O3S/c1-12(13-6-8-14(18)9-7-13)20-21-17(23)11-22(26(2,24)25)16-5-3-4-15(19)10-16/h3-10H,11H2,1-2H3,(H,21,23)/b20-12-. The van der Waals surface area contributed by atoms with E-state index in [0.717, 1.165) is 22.2 Å². The van der Waals surface area contributed by atoms with Crippen LogP contribution in [0, 0.1) is 5.82 Å². The van der Waals surface area contributed by atoms with E-state index in [1.807, 2.05) is 0 Å². The van der Waals surface area contributed by atoms with Gasteiger partial charge in [-0.3, -0.25) is 9.10 Å². The van der Waals surface area contributed by atoms with Crippen LogP contribution in [0.15, 0.2) is 53.6 Å². The van der Waals surface area contributed by atoms with Gasteiger partial charge in [0.1, 0.15) is 12.4 Å². The van der Waals surface area contributed by atoms with Gasteiger partial charge in [0, 0.05) is 5.02 Å². The Morgan fingerprint density at radius 3 is 2.46 bits per heavy atom. The molecule has 1 amide bonds. The Hall–Kier alpha value is -2.45. The molecular weight excluding hydrogens is 381 g/mol. The summed E-state index contributed by atoms with van der Waals surface area (Å²) in [6, 6.07) is 11.8. The molecule has 6 nitrogen and oxygen atoms in total. The van der Waals surface area contributed by atoms with E-state index in [9.17, 15) is 17.6 Å². The van der Waals surface area contributed by atoms with Gasteiger partial charge in [-0.15, -0.1) is 0 Å². The summed E-state index contributed by atoms with van der Waals surface area (Å²) < 4.78 is 38.1. The first kappa shape index (κ1) is 19.9. The zero-order valence-electron chi connectivity index (χ0n) is 14.1. The zero-order chi connectivity index (χ0) is 19.3. The third-order valence-electron chi connectivity index (χ3n) is 3.39. The van der Waals surface area contributed by atoms with Gasteiger partial charge in [0.2, 0.25) is 10.0 Å². The second-order valence-electron chi connectivity index (χ2n) is 5.49. The molecule has 2 aromatic rings. The molecule has 0 heterocycles. The maximum Gasteiger partial charge on any atom is 0.260 e. The van der Waals surface area contributed by atoms with Crippen LogP contribution in [0.4, 0.5) is 10.1 Å². The van der Waals surface area contributed by atoms with Crippen molar-refractivity contribution in [3.8, 4) is 0 Å². The minimum Gasteiger partial charge on any atom is -0.271 e. The van der Waals surface area contributed by atoms with Crippen LogP contribution in [0.1, 0.15) is 12.5 Å². The molecule has 9 heteroatoms. The van der Waals surface area contributed by atoms with Crippen molar-refractivity contribution in [3.05, 3.63) is 64.9 Å². The predicted molar refractivity (Wildman–Crippen MR) is 100 cm³/mol. The van der Waals surface area contributed by atoms with Crippen molar-refractivity contribution < 1.29 is 17.6 Å². The van der Waals surface area contributed by atoms with E-state index in [4.69, 9.17) is 11.6 Å². The summed E-state index contributed by atoms with van der Waals surface area (Å²) in [6.45, 7) is 1.16. The average Bonchev–Trinajstić information content (AvgIpc) is 2.57. The highest BCUT2D eigenvalue weighted by atomic mass is 35.5. The SMILES string of the molecule is C/C(=N/NC(=O)CN(c1cccc(F)c1)S(C)(=O)=O)c1ccc(Cl)cc1. The Balaban J connectivity index is 2.12. The Morgan fingerprint density at radius 1 is 1.23 bits per heavy atom. The predicted octanol–water partition coefficient (Wildman–Crippen LogP) is 2.79. The number of carbonyl (C=O) groups excluding carboxylic acids is 1. The normalized spacial score (nSPS) is 11.9. The van der Waals surface area contributed by atoms with E-state index >= 15 is 0 Å². The van der Waals surface area contributed by atoms with Crippen molar-refractivity contribution in [2.45, 2.75) is 6.92 Å². The maximum atomic E-state index is 13.4. The number of sulfonamides is 1. The van der Waals surface area contributed by atoms with Crippen LogP contribution in [-0.4, -0.2) is 32.8 Å². The fourth-order valence-electron chi connectivity index (χ4n) is 2.10. The molecule has 0 spiro atoms. The topological polar surface area (TPSA) is 78.8 Å². The number of amides is 1. The molecule has 0 aliphatic rings. The fourth-order valence-corrected chi connectivity index (χ4v) is 3.07. The summed E-state index contributed by atoms with van der Waals surface area (Å²) in [5, 5.41) is 4.52. The molecule has 0 aliphatic heterocycles. The van der Waals surface area contributed by atoms with Gasteiger partial charge in [-0.25, -0.2) is 18.2 Å². The highest BCUT2D eigenvalue weighted by Gasteiger charge is 2.21. The number of rotatable bonds is 6. The summed E-state index contributed by atoms with van der Waals surface area (Å²) >= 11 is 5.81. The lowest BCUT2D eigenvalue weighted by molar-refractivity contribution is -0.119. The largest absolute Gasteiger partial charge is 0.271 e. The number of benzene rings is 2. The highest BCUT2D eigenvalue weighted by molar-refractivity contribution is 7.92. The second kappa shape index (κ2) is 8.29. The van der Waals surface area contributed by atoms with E-state index in [-0.39, 0.29) is 5.69 Å². The molecule has 1 N–H and O–H groups in total. The minimum absolute atomic E-state index is 0.0565. The molecule has 0 unspecified atom stereocenters. The number of hydrazone groups is 1. The third kappa shape index (κ3) is 5.53. The lowest BCUT2D eigenvalue weighted by Crippen LogP contribution is -2.39. The molecule has 138 valence electrons. The highest BCUT2D eigenvalue weighted by Crippen LogP contribution is 2.18. The van der Waals surface area contributed by atoms with Crippen molar-refractivity contribution in [2.75, 3.05) is 17.1 Å². The average molecular weight is 398 g/mol. The summed E-state index contributed by atoms with van der Waals surface area (Å²) in [6.07, 6.45) is 0.938. The van der Waals surface area contributed by atoms with Crippen LogP contribution < -0.4 is 9.73 Å². The van der Waals surface area contributed by atoms with Gasteiger partial charge in [0.05, 0.1) is 17.7 Å². The second-order valence-corrected chi connectivity index (χ2v) is 7.83. The molecule has 0 aliphatic carbocycles. The summed E-state index contributed by atoms with van der Waals surface area (Å²) in [5.74, 6) is -1.26. The molecule has 26 heavy (non-hydrogen) atoms. The summed E-state index contributed by atoms with van der Waals surface area (Å²) in [5.41, 5.74) is 3.63.